The summed E-state index contributed by atoms with van der Waals surface area (Å²) in [5.41, 5.74) is 1.88. The highest BCUT2D eigenvalue weighted by atomic mass is 16.1. The fourth-order valence-corrected chi connectivity index (χ4v) is 1.52. The smallest absolute Gasteiger partial charge is 0.216 e. The van der Waals surface area contributed by atoms with E-state index in [2.05, 4.69) is 10.6 Å². The first-order valence-electron chi connectivity index (χ1n) is 6.14. The van der Waals surface area contributed by atoms with Crippen molar-refractivity contribution in [2.24, 2.45) is 0 Å². The van der Waals surface area contributed by atoms with Gasteiger partial charge in [0.2, 0.25) is 5.91 Å². The first-order valence-corrected chi connectivity index (χ1v) is 6.14. The normalized spacial score (nSPS) is 10.1. The van der Waals surface area contributed by atoms with E-state index in [1.54, 1.807) is 0 Å². The van der Waals surface area contributed by atoms with Crippen molar-refractivity contribution in [1.82, 2.24) is 10.6 Å². The van der Waals surface area contributed by atoms with Gasteiger partial charge in [-0.3, -0.25) is 9.59 Å². The molecular formula is C14H20N2O2. The maximum atomic E-state index is 11.8. The Morgan fingerprint density at radius 2 is 1.78 bits per heavy atom. The molecule has 0 spiro atoms. The van der Waals surface area contributed by atoms with Gasteiger partial charge in [0.25, 0.3) is 0 Å². The van der Waals surface area contributed by atoms with Crippen LogP contribution in [0.15, 0.2) is 24.3 Å². The van der Waals surface area contributed by atoms with Crippen molar-refractivity contribution in [3.8, 4) is 0 Å². The van der Waals surface area contributed by atoms with Gasteiger partial charge in [-0.05, 0) is 19.9 Å². The van der Waals surface area contributed by atoms with E-state index in [9.17, 15) is 9.59 Å². The number of carbonyl (C=O) groups is 2. The Hall–Kier alpha value is -1.68. The van der Waals surface area contributed by atoms with Crippen molar-refractivity contribution < 1.29 is 9.59 Å². The van der Waals surface area contributed by atoms with Crippen molar-refractivity contribution in [3.05, 3.63) is 35.4 Å². The summed E-state index contributed by atoms with van der Waals surface area (Å²) in [7, 11) is 0. The molecule has 0 aliphatic carbocycles. The zero-order valence-electron chi connectivity index (χ0n) is 11.0. The van der Waals surface area contributed by atoms with E-state index >= 15 is 0 Å². The molecule has 0 unspecified atom stereocenters. The van der Waals surface area contributed by atoms with Crippen LogP contribution >= 0.6 is 0 Å². The topological polar surface area (TPSA) is 58.2 Å². The van der Waals surface area contributed by atoms with E-state index in [1.165, 1.54) is 6.92 Å². The van der Waals surface area contributed by atoms with Crippen LogP contribution in [0.25, 0.3) is 0 Å². The van der Waals surface area contributed by atoms with Gasteiger partial charge < -0.3 is 10.6 Å². The third kappa shape index (κ3) is 5.59. The number of benzene rings is 1. The monoisotopic (exact) mass is 248 g/mol. The lowest BCUT2D eigenvalue weighted by atomic mass is 10.1. The van der Waals surface area contributed by atoms with Gasteiger partial charge >= 0.3 is 0 Å². The molecule has 1 aromatic carbocycles. The standard InChI is InChI=1S/C14H20N2O2/c1-11-4-6-13(7-5-11)14(18)10-15-8-3-9-16-12(2)17/h4-7,15H,3,8-10H2,1-2H3,(H,16,17). The van der Waals surface area contributed by atoms with Gasteiger partial charge in [-0.25, -0.2) is 0 Å². The lowest BCUT2D eigenvalue weighted by Gasteiger charge is -2.05. The molecular weight excluding hydrogens is 228 g/mol. The molecule has 0 atom stereocenters. The summed E-state index contributed by atoms with van der Waals surface area (Å²) in [6.07, 6.45) is 0.820. The van der Waals surface area contributed by atoms with Crippen molar-refractivity contribution >= 4 is 11.7 Å². The Bertz CT molecular complexity index is 399. The van der Waals surface area contributed by atoms with E-state index in [0.29, 0.717) is 13.1 Å². The average molecular weight is 248 g/mol. The number of carbonyl (C=O) groups excluding carboxylic acids is 2. The quantitative estimate of drug-likeness (QED) is 0.565. The summed E-state index contributed by atoms with van der Waals surface area (Å²) >= 11 is 0. The van der Waals surface area contributed by atoms with E-state index in [0.717, 1.165) is 24.1 Å². The molecule has 4 heteroatoms. The number of ketones is 1. The van der Waals surface area contributed by atoms with E-state index in [-0.39, 0.29) is 11.7 Å². The van der Waals surface area contributed by atoms with Crippen LogP contribution in [0.3, 0.4) is 0 Å². The number of hydrogen-bond donors (Lipinski definition) is 2. The Morgan fingerprint density at radius 3 is 2.39 bits per heavy atom. The molecule has 0 heterocycles. The van der Waals surface area contributed by atoms with E-state index < -0.39 is 0 Å². The van der Waals surface area contributed by atoms with Crippen LogP contribution in [-0.2, 0) is 4.79 Å². The number of nitrogens with one attached hydrogen (secondary N) is 2. The molecule has 4 nitrogen and oxygen atoms in total. The molecule has 98 valence electrons. The van der Waals surface area contributed by atoms with Crippen LogP contribution in [0, 0.1) is 6.92 Å². The fraction of sp³-hybridized carbons (Fsp3) is 0.429. The Labute approximate surface area is 108 Å². The van der Waals surface area contributed by atoms with Gasteiger partial charge in [0.05, 0.1) is 6.54 Å². The first kappa shape index (κ1) is 14.4. The summed E-state index contributed by atoms with van der Waals surface area (Å²) in [6.45, 7) is 5.19. The van der Waals surface area contributed by atoms with Crippen LogP contribution in [0.1, 0.15) is 29.3 Å². The van der Waals surface area contributed by atoms with E-state index in [4.69, 9.17) is 0 Å². The number of rotatable bonds is 7. The minimum atomic E-state index is -0.0225. The average Bonchev–Trinajstić information content (AvgIpc) is 2.34. The summed E-state index contributed by atoms with van der Waals surface area (Å²) in [4.78, 5) is 22.4. The van der Waals surface area contributed by atoms with Crippen molar-refractivity contribution in [2.45, 2.75) is 20.3 Å². The predicted octanol–water partition coefficient (Wildman–Crippen LogP) is 1.29. The molecule has 0 aliphatic heterocycles. The lowest BCUT2D eigenvalue weighted by molar-refractivity contribution is -0.118. The van der Waals surface area contributed by atoms with Crippen molar-refractivity contribution in [1.29, 1.82) is 0 Å². The largest absolute Gasteiger partial charge is 0.356 e. The first-order chi connectivity index (χ1) is 8.59. The predicted molar refractivity (Wildman–Crippen MR) is 71.7 cm³/mol. The van der Waals surface area contributed by atoms with Gasteiger partial charge in [-0.2, -0.15) is 0 Å². The van der Waals surface area contributed by atoms with Gasteiger partial charge in [-0.1, -0.05) is 29.8 Å². The van der Waals surface area contributed by atoms with Crippen LogP contribution in [0.5, 0.6) is 0 Å². The Balaban J connectivity index is 2.17. The lowest BCUT2D eigenvalue weighted by Crippen LogP contribution is -2.28. The second-order valence-electron chi connectivity index (χ2n) is 4.30. The van der Waals surface area contributed by atoms with Crippen molar-refractivity contribution in [3.63, 3.8) is 0 Å². The molecule has 0 fully saturated rings. The highest BCUT2D eigenvalue weighted by Crippen LogP contribution is 2.03. The number of amides is 1. The third-order valence-electron chi connectivity index (χ3n) is 2.56. The molecule has 0 saturated heterocycles. The highest BCUT2D eigenvalue weighted by molar-refractivity contribution is 5.97. The van der Waals surface area contributed by atoms with Gasteiger partial charge in [-0.15, -0.1) is 0 Å². The zero-order valence-corrected chi connectivity index (χ0v) is 11.0. The summed E-state index contributed by atoms with van der Waals surface area (Å²) in [5, 5.41) is 5.78. The van der Waals surface area contributed by atoms with Crippen LogP contribution in [-0.4, -0.2) is 31.3 Å². The molecule has 0 saturated carbocycles. The van der Waals surface area contributed by atoms with Crippen molar-refractivity contribution in [2.75, 3.05) is 19.6 Å². The molecule has 1 aromatic rings. The molecule has 0 aliphatic rings. The maximum Gasteiger partial charge on any atom is 0.216 e. The Kier molecular flexibility index (Phi) is 6.08. The van der Waals surface area contributed by atoms with Gasteiger partial charge in [0.1, 0.15) is 0 Å². The molecule has 18 heavy (non-hydrogen) atoms. The molecule has 0 radical (unpaired) electrons. The fourth-order valence-electron chi connectivity index (χ4n) is 1.52. The number of hydrogen-bond acceptors (Lipinski definition) is 3. The number of aryl methyl sites for hydroxylation is 1. The molecule has 2 N–H and O–H groups in total. The van der Waals surface area contributed by atoms with Gasteiger partial charge in [0.15, 0.2) is 5.78 Å². The molecule has 1 amide bonds. The second-order valence-corrected chi connectivity index (χ2v) is 4.30. The summed E-state index contributed by atoms with van der Waals surface area (Å²) < 4.78 is 0. The molecule has 0 bridgehead atoms. The summed E-state index contributed by atoms with van der Waals surface area (Å²) in [5.74, 6) is 0.0697. The zero-order chi connectivity index (χ0) is 13.4. The molecule has 0 aromatic heterocycles. The highest BCUT2D eigenvalue weighted by Gasteiger charge is 2.04. The summed E-state index contributed by atoms with van der Waals surface area (Å²) in [6, 6.07) is 7.56. The maximum absolute atomic E-state index is 11.8. The van der Waals surface area contributed by atoms with Gasteiger partial charge in [0, 0.05) is 19.0 Å². The van der Waals surface area contributed by atoms with Crippen LogP contribution < -0.4 is 10.6 Å². The molecule has 1 rings (SSSR count). The second kappa shape index (κ2) is 7.61. The van der Waals surface area contributed by atoms with Crippen LogP contribution in [0.2, 0.25) is 0 Å². The Morgan fingerprint density at radius 1 is 1.11 bits per heavy atom. The van der Waals surface area contributed by atoms with E-state index in [1.807, 2.05) is 31.2 Å². The minimum absolute atomic E-state index is 0.0225. The van der Waals surface area contributed by atoms with Crippen LogP contribution in [0.4, 0.5) is 0 Å². The minimum Gasteiger partial charge on any atom is -0.356 e. The SMILES string of the molecule is CC(=O)NCCCNCC(=O)c1ccc(C)cc1. The third-order valence-corrected chi connectivity index (χ3v) is 2.56. The number of Topliss-reactive ketones (excluding diaryl/α,β-unsaturated/α-hetero) is 1.